The van der Waals surface area contributed by atoms with Crippen molar-refractivity contribution in [3.8, 4) is 18.4 Å². The summed E-state index contributed by atoms with van der Waals surface area (Å²) in [7, 11) is 0. The molecule has 15 heavy (non-hydrogen) atoms. The van der Waals surface area contributed by atoms with E-state index >= 15 is 0 Å². The van der Waals surface area contributed by atoms with Crippen molar-refractivity contribution in [1.29, 1.82) is 5.26 Å². The number of carbonyl (C=O) groups excluding carboxylic acids is 1. The van der Waals surface area contributed by atoms with Gasteiger partial charge in [0.1, 0.15) is 6.54 Å². The van der Waals surface area contributed by atoms with E-state index in [1.54, 1.807) is 0 Å². The number of terminal acetylenes is 1. The van der Waals surface area contributed by atoms with Crippen molar-refractivity contribution in [3.05, 3.63) is 12.2 Å². The Balaban J connectivity index is 2.45. The molecule has 1 aliphatic carbocycles. The Morgan fingerprint density at radius 1 is 1.60 bits per heavy atom. The standard InChI is InChI=1S/C12H14N2O/c1-2-8-14(9-7-13)12(15)10-11-5-3-4-6-11/h1,3,5,11H,4,6,8-10H2/t11-/m1/s1. The van der Waals surface area contributed by atoms with E-state index in [0.29, 0.717) is 12.3 Å². The lowest BCUT2D eigenvalue weighted by molar-refractivity contribution is -0.130. The van der Waals surface area contributed by atoms with E-state index in [1.165, 1.54) is 4.90 Å². The fourth-order valence-electron chi connectivity index (χ4n) is 1.65. The third kappa shape index (κ3) is 3.48. The van der Waals surface area contributed by atoms with Crippen LogP contribution in [0.15, 0.2) is 12.2 Å². The normalized spacial score (nSPS) is 18.1. The Kier molecular flexibility index (Phi) is 4.44. The summed E-state index contributed by atoms with van der Waals surface area (Å²) in [4.78, 5) is 13.1. The van der Waals surface area contributed by atoms with Gasteiger partial charge in [0.15, 0.2) is 0 Å². The van der Waals surface area contributed by atoms with Crippen LogP contribution in [-0.2, 0) is 4.79 Å². The van der Waals surface area contributed by atoms with Gasteiger partial charge in [-0.1, -0.05) is 18.1 Å². The topological polar surface area (TPSA) is 44.1 Å². The highest BCUT2D eigenvalue weighted by Crippen LogP contribution is 2.21. The second-order valence-electron chi connectivity index (χ2n) is 3.58. The molecule has 0 aromatic carbocycles. The van der Waals surface area contributed by atoms with Crippen LogP contribution in [0.5, 0.6) is 0 Å². The van der Waals surface area contributed by atoms with E-state index in [-0.39, 0.29) is 19.0 Å². The Bertz CT molecular complexity index is 317. The first-order valence-corrected chi connectivity index (χ1v) is 5.02. The summed E-state index contributed by atoms with van der Waals surface area (Å²) >= 11 is 0. The van der Waals surface area contributed by atoms with Crippen LogP contribution < -0.4 is 0 Å². The maximum Gasteiger partial charge on any atom is 0.224 e. The zero-order valence-electron chi connectivity index (χ0n) is 8.65. The summed E-state index contributed by atoms with van der Waals surface area (Å²) in [5.74, 6) is 2.70. The molecule has 1 aliphatic rings. The summed E-state index contributed by atoms with van der Waals surface area (Å²) < 4.78 is 0. The highest BCUT2D eigenvalue weighted by Gasteiger charge is 2.18. The lowest BCUT2D eigenvalue weighted by Crippen LogP contribution is -2.32. The highest BCUT2D eigenvalue weighted by molar-refractivity contribution is 5.77. The average Bonchev–Trinajstić information content (AvgIpc) is 2.70. The molecule has 0 heterocycles. The molecule has 0 bridgehead atoms. The molecule has 78 valence electrons. The minimum Gasteiger partial charge on any atom is -0.318 e. The molecule has 3 nitrogen and oxygen atoms in total. The fourth-order valence-corrected chi connectivity index (χ4v) is 1.65. The van der Waals surface area contributed by atoms with Gasteiger partial charge in [-0.15, -0.1) is 6.42 Å². The smallest absolute Gasteiger partial charge is 0.224 e. The van der Waals surface area contributed by atoms with Gasteiger partial charge in [0, 0.05) is 6.42 Å². The Morgan fingerprint density at radius 3 is 2.93 bits per heavy atom. The number of hydrogen-bond acceptors (Lipinski definition) is 2. The zero-order chi connectivity index (χ0) is 11.1. The third-order valence-electron chi connectivity index (χ3n) is 2.45. The van der Waals surface area contributed by atoms with Crippen LogP contribution in [-0.4, -0.2) is 23.9 Å². The largest absolute Gasteiger partial charge is 0.318 e. The van der Waals surface area contributed by atoms with E-state index in [0.717, 1.165) is 12.8 Å². The molecular formula is C12H14N2O. The van der Waals surface area contributed by atoms with Gasteiger partial charge in [0.25, 0.3) is 0 Å². The molecule has 0 aromatic rings. The third-order valence-corrected chi connectivity index (χ3v) is 2.45. The Hall–Kier alpha value is -1.74. The van der Waals surface area contributed by atoms with Gasteiger partial charge in [-0.3, -0.25) is 4.79 Å². The van der Waals surface area contributed by atoms with Gasteiger partial charge < -0.3 is 4.90 Å². The van der Waals surface area contributed by atoms with E-state index in [2.05, 4.69) is 18.1 Å². The number of hydrogen-bond donors (Lipinski definition) is 0. The Morgan fingerprint density at radius 2 is 2.40 bits per heavy atom. The summed E-state index contributed by atoms with van der Waals surface area (Å²) in [5, 5.41) is 8.55. The van der Waals surface area contributed by atoms with Crippen molar-refractivity contribution in [1.82, 2.24) is 4.90 Å². The van der Waals surface area contributed by atoms with Crippen LogP contribution in [0.4, 0.5) is 0 Å². The molecule has 0 saturated heterocycles. The van der Waals surface area contributed by atoms with Crippen LogP contribution >= 0.6 is 0 Å². The predicted molar refractivity (Wildman–Crippen MR) is 57.5 cm³/mol. The van der Waals surface area contributed by atoms with E-state index in [4.69, 9.17) is 11.7 Å². The second kappa shape index (κ2) is 5.88. The lowest BCUT2D eigenvalue weighted by atomic mass is 10.0. The molecule has 0 aliphatic heterocycles. The molecular weight excluding hydrogens is 188 g/mol. The number of carbonyl (C=O) groups is 1. The Labute approximate surface area is 90.4 Å². The molecule has 3 heteroatoms. The minimum atomic E-state index is -0.0222. The maximum absolute atomic E-state index is 11.7. The lowest BCUT2D eigenvalue weighted by Gasteiger charge is -2.18. The number of rotatable bonds is 4. The monoisotopic (exact) mass is 202 g/mol. The van der Waals surface area contributed by atoms with Crippen molar-refractivity contribution in [2.75, 3.05) is 13.1 Å². The quantitative estimate of drug-likeness (QED) is 0.392. The maximum atomic E-state index is 11.7. The minimum absolute atomic E-state index is 0.0222. The summed E-state index contributed by atoms with van der Waals surface area (Å²) in [6, 6.07) is 1.95. The van der Waals surface area contributed by atoms with Crippen LogP contribution in [0.2, 0.25) is 0 Å². The van der Waals surface area contributed by atoms with Gasteiger partial charge in [-0.25, -0.2) is 0 Å². The van der Waals surface area contributed by atoms with Crippen LogP contribution in [0, 0.1) is 29.6 Å². The molecule has 1 atom stereocenters. The molecule has 0 spiro atoms. The average molecular weight is 202 g/mol. The number of amides is 1. The molecule has 0 unspecified atom stereocenters. The van der Waals surface area contributed by atoms with Gasteiger partial charge in [-0.2, -0.15) is 5.26 Å². The van der Waals surface area contributed by atoms with Crippen molar-refractivity contribution >= 4 is 5.91 Å². The molecule has 0 fully saturated rings. The first-order valence-electron chi connectivity index (χ1n) is 5.02. The summed E-state index contributed by atoms with van der Waals surface area (Å²) in [6.07, 6.45) is 11.8. The van der Waals surface area contributed by atoms with E-state index in [9.17, 15) is 4.79 Å². The van der Waals surface area contributed by atoms with E-state index in [1.807, 2.05) is 6.07 Å². The van der Waals surface area contributed by atoms with Crippen molar-refractivity contribution in [2.24, 2.45) is 5.92 Å². The molecule has 0 radical (unpaired) electrons. The van der Waals surface area contributed by atoms with Gasteiger partial charge in [-0.05, 0) is 18.8 Å². The van der Waals surface area contributed by atoms with Gasteiger partial charge in [0.05, 0.1) is 12.6 Å². The van der Waals surface area contributed by atoms with Gasteiger partial charge in [0.2, 0.25) is 5.91 Å². The molecule has 1 amide bonds. The predicted octanol–water partition coefficient (Wildman–Crippen LogP) is 1.33. The summed E-state index contributed by atoms with van der Waals surface area (Å²) in [6.45, 7) is 0.308. The van der Waals surface area contributed by atoms with Gasteiger partial charge >= 0.3 is 0 Å². The molecule has 0 N–H and O–H groups in total. The highest BCUT2D eigenvalue weighted by atomic mass is 16.2. The van der Waals surface area contributed by atoms with Crippen molar-refractivity contribution < 1.29 is 4.79 Å². The van der Waals surface area contributed by atoms with Crippen LogP contribution in [0.1, 0.15) is 19.3 Å². The van der Waals surface area contributed by atoms with Crippen molar-refractivity contribution in [3.63, 3.8) is 0 Å². The number of nitrogens with zero attached hydrogens (tertiary/aromatic N) is 2. The number of nitriles is 1. The second-order valence-corrected chi connectivity index (χ2v) is 3.58. The first-order chi connectivity index (χ1) is 7.27. The van der Waals surface area contributed by atoms with E-state index < -0.39 is 0 Å². The van der Waals surface area contributed by atoms with Crippen molar-refractivity contribution in [2.45, 2.75) is 19.3 Å². The molecule has 1 rings (SSSR count). The van der Waals surface area contributed by atoms with Crippen LogP contribution in [0.3, 0.4) is 0 Å². The SMILES string of the molecule is C#CCN(CC#N)C(=O)C[C@@H]1C=CCC1. The first kappa shape index (κ1) is 11.3. The molecule has 0 aromatic heterocycles. The zero-order valence-corrected chi connectivity index (χ0v) is 8.65. The summed E-state index contributed by atoms with van der Waals surface area (Å²) in [5.41, 5.74) is 0. The fraction of sp³-hybridized carbons (Fsp3) is 0.500. The molecule has 0 saturated carbocycles. The van der Waals surface area contributed by atoms with Crippen LogP contribution in [0.25, 0.3) is 0 Å². The number of allylic oxidation sites excluding steroid dienone is 2.